The van der Waals surface area contributed by atoms with E-state index in [0.717, 1.165) is 53.4 Å². The summed E-state index contributed by atoms with van der Waals surface area (Å²) in [6.45, 7) is 4.55. The number of fused-ring (bicyclic) bond motifs is 1. The molecule has 3 aromatic rings. The maximum Gasteiger partial charge on any atom is 0.229 e. The molecule has 0 unspecified atom stereocenters. The highest BCUT2D eigenvalue weighted by atomic mass is 32.1. The Morgan fingerprint density at radius 3 is 2.65 bits per heavy atom. The van der Waals surface area contributed by atoms with Crippen LogP contribution in [0.2, 0.25) is 0 Å². The molecule has 1 aromatic carbocycles. The van der Waals surface area contributed by atoms with E-state index in [2.05, 4.69) is 39.4 Å². The molecule has 2 fully saturated rings. The average Bonchev–Trinajstić information content (AvgIpc) is 3.46. The van der Waals surface area contributed by atoms with Crippen LogP contribution in [-0.4, -0.2) is 62.0 Å². The van der Waals surface area contributed by atoms with Gasteiger partial charge in [0.05, 0.1) is 29.0 Å². The van der Waals surface area contributed by atoms with Gasteiger partial charge in [-0.1, -0.05) is 31.3 Å². The number of nitrogens with zero attached hydrogens (tertiary/aromatic N) is 3. The van der Waals surface area contributed by atoms with Gasteiger partial charge in [-0.3, -0.25) is 4.79 Å². The van der Waals surface area contributed by atoms with Gasteiger partial charge < -0.3 is 25.6 Å². The Morgan fingerprint density at radius 1 is 1.19 bits per heavy atom. The van der Waals surface area contributed by atoms with Gasteiger partial charge in [0, 0.05) is 36.0 Å². The molecule has 2 saturated carbocycles. The van der Waals surface area contributed by atoms with Crippen molar-refractivity contribution in [3.05, 3.63) is 36.4 Å². The Hall–Kier alpha value is -2.50. The lowest BCUT2D eigenvalue weighted by molar-refractivity contribution is -0.123. The zero-order valence-electron chi connectivity index (χ0n) is 21.3. The van der Waals surface area contributed by atoms with E-state index >= 15 is 0 Å². The molecule has 0 bridgehead atoms. The minimum absolute atomic E-state index is 0.00115. The normalized spacial score (nSPS) is 24.4. The summed E-state index contributed by atoms with van der Waals surface area (Å²) in [5.41, 5.74) is 2.70. The van der Waals surface area contributed by atoms with Crippen LogP contribution in [0.4, 0.5) is 5.13 Å². The van der Waals surface area contributed by atoms with Crippen molar-refractivity contribution in [1.29, 1.82) is 0 Å². The van der Waals surface area contributed by atoms with Gasteiger partial charge >= 0.3 is 0 Å². The first-order valence-corrected chi connectivity index (χ1v) is 13.9. The van der Waals surface area contributed by atoms with Crippen LogP contribution in [0.3, 0.4) is 0 Å². The number of hydrogen-bond acceptors (Lipinski definition) is 9. The lowest BCUT2D eigenvalue weighted by Crippen LogP contribution is -2.52. The Kier molecular flexibility index (Phi) is 8.11. The molecule has 10 heteroatoms. The highest BCUT2D eigenvalue weighted by molar-refractivity contribution is 7.22. The van der Waals surface area contributed by atoms with E-state index in [9.17, 15) is 15.0 Å². The number of aliphatic hydroxyl groups is 2. The maximum absolute atomic E-state index is 12.7. The van der Waals surface area contributed by atoms with Gasteiger partial charge in [-0.15, -0.1) is 0 Å². The van der Waals surface area contributed by atoms with E-state index in [1.807, 2.05) is 18.2 Å². The number of aliphatic hydroxyl groups excluding tert-OH is 2. The SMILES string of the molecule is CC(C)[C@@H](CO)NC1CC(C(=O)Nc2nc3ccc(-c4cnc(CO[C@H]5CCC[C@@H]5O)nc4)cc3s2)C1. The first kappa shape index (κ1) is 26.1. The summed E-state index contributed by atoms with van der Waals surface area (Å²) in [5, 5.41) is 26.4. The fraction of sp³-hybridized carbons (Fsp3) is 0.556. The Morgan fingerprint density at radius 2 is 1.97 bits per heavy atom. The Labute approximate surface area is 220 Å². The van der Waals surface area contributed by atoms with Gasteiger partial charge in [-0.25, -0.2) is 15.0 Å². The van der Waals surface area contributed by atoms with E-state index in [1.54, 1.807) is 12.4 Å². The summed E-state index contributed by atoms with van der Waals surface area (Å²) in [6, 6.07) is 6.29. The number of benzene rings is 1. The predicted octanol–water partition coefficient (Wildman–Crippen LogP) is 3.51. The highest BCUT2D eigenvalue weighted by Gasteiger charge is 2.36. The van der Waals surface area contributed by atoms with Crippen LogP contribution in [0.15, 0.2) is 30.6 Å². The Bertz CT molecular complexity index is 1210. The third-order valence-corrected chi connectivity index (χ3v) is 8.40. The van der Waals surface area contributed by atoms with Crippen LogP contribution >= 0.6 is 11.3 Å². The van der Waals surface area contributed by atoms with Crippen molar-refractivity contribution in [1.82, 2.24) is 20.3 Å². The van der Waals surface area contributed by atoms with Crippen LogP contribution in [0.25, 0.3) is 21.3 Å². The second-order valence-corrected chi connectivity index (χ2v) is 11.5. The summed E-state index contributed by atoms with van der Waals surface area (Å²) in [6.07, 6.45) is 7.23. The van der Waals surface area contributed by atoms with Crippen LogP contribution in [-0.2, 0) is 16.1 Å². The van der Waals surface area contributed by atoms with Crippen molar-refractivity contribution < 1.29 is 19.7 Å². The number of thiazole rings is 1. The summed E-state index contributed by atoms with van der Waals surface area (Å²) < 4.78 is 6.75. The first-order valence-electron chi connectivity index (χ1n) is 13.1. The molecule has 3 atom stereocenters. The number of ether oxygens (including phenoxy) is 1. The number of aromatic nitrogens is 3. The van der Waals surface area contributed by atoms with E-state index in [-0.39, 0.29) is 43.2 Å². The molecule has 2 heterocycles. The van der Waals surface area contributed by atoms with Crippen molar-refractivity contribution >= 4 is 32.6 Å². The first-order chi connectivity index (χ1) is 17.9. The second-order valence-electron chi connectivity index (χ2n) is 10.5. The van der Waals surface area contributed by atoms with E-state index < -0.39 is 6.10 Å². The van der Waals surface area contributed by atoms with Gasteiger partial charge in [-0.2, -0.15) is 0 Å². The molecule has 2 aromatic heterocycles. The number of anilines is 1. The largest absolute Gasteiger partial charge is 0.395 e. The van der Waals surface area contributed by atoms with Gasteiger partial charge in [0.15, 0.2) is 11.0 Å². The highest BCUT2D eigenvalue weighted by Crippen LogP contribution is 2.33. The Balaban J connectivity index is 1.16. The molecule has 5 rings (SSSR count). The zero-order valence-corrected chi connectivity index (χ0v) is 22.1. The number of carbonyl (C=O) groups excluding carboxylic acids is 1. The molecule has 1 amide bonds. The van der Waals surface area contributed by atoms with Crippen molar-refractivity contribution in [3.63, 3.8) is 0 Å². The van der Waals surface area contributed by atoms with Crippen molar-refractivity contribution in [2.75, 3.05) is 11.9 Å². The van der Waals surface area contributed by atoms with Crippen molar-refractivity contribution in [3.8, 4) is 11.1 Å². The van der Waals surface area contributed by atoms with E-state index in [0.29, 0.717) is 16.9 Å². The van der Waals surface area contributed by atoms with Gasteiger partial charge in [0.1, 0.15) is 6.61 Å². The minimum Gasteiger partial charge on any atom is -0.395 e. The van der Waals surface area contributed by atoms with Crippen LogP contribution < -0.4 is 10.6 Å². The monoisotopic (exact) mass is 525 g/mol. The molecular formula is C27H35N5O4S. The van der Waals surface area contributed by atoms with Crippen molar-refractivity contribution in [2.45, 2.75) is 76.9 Å². The summed E-state index contributed by atoms with van der Waals surface area (Å²) >= 11 is 1.45. The van der Waals surface area contributed by atoms with E-state index in [4.69, 9.17) is 4.74 Å². The third kappa shape index (κ3) is 6.15. The summed E-state index contributed by atoms with van der Waals surface area (Å²) in [4.78, 5) is 26.2. The molecule has 0 spiro atoms. The molecule has 2 aliphatic carbocycles. The second kappa shape index (κ2) is 11.5. The molecule has 0 radical (unpaired) electrons. The summed E-state index contributed by atoms with van der Waals surface area (Å²) in [7, 11) is 0. The smallest absolute Gasteiger partial charge is 0.229 e. The molecule has 0 saturated heterocycles. The topological polar surface area (TPSA) is 129 Å². The van der Waals surface area contributed by atoms with Gasteiger partial charge in [0.2, 0.25) is 5.91 Å². The standard InChI is InChI=1S/C27H35N5O4S/c1-15(2)21(13-33)30-19-8-17(9-19)26(35)32-27-31-20-7-6-16(10-24(20)37-27)18-11-28-25(29-12-18)14-36-23-5-3-4-22(23)34/h6-7,10-12,15,17,19,21-23,30,33-34H,3-5,8-9,13-14H2,1-2H3,(H,31,32,35)/t17?,19?,21-,22+,23+/m1/s1. The number of carbonyl (C=O) groups is 1. The predicted molar refractivity (Wildman–Crippen MR) is 143 cm³/mol. The molecule has 37 heavy (non-hydrogen) atoms. The number of hydrogen-bond donors (Lipinski definition) is 4. The lowest BCUT2D eigenvalue weighted by atomic mass is 9.79. The van der Waals surface area contributed by atoms with Crippen LogP contribution in [0.5, 0.6) is 0 Å². The molecule has 0 aliphatic heterocycles. The van der Waals surface area contributed by atoms with Gasteiger partial charge in [-0.05, 0) is 55.7 Å². The zero-order chi connectivity index (χ0) is 25.9. The number of rotatable bonds is 10. The molecule has 2 aliphatic rings. The lowest BCUT2D eigenvalue weighted by Gasteiger charge is -2.38. The molecular weight excluding hydrogens is 490 g/mol. The number of nitrogens with one attached hydrogen (secondary N) is 2. The fourth-order valence-corrected chi connectivity index (χ4v) is 5.86. The molecule has 198 valence electrons. The molecule has 4 N–H and O–H groups in total. The molecule has 9 nitrogen and oxygen atoms in total. The quantitative estimate of drug-likeness (QED) is 0.317. The van der Waals surface area contributed by atoms with Gasteiger partial charge in [0.25, 0.3) is 0 Å². The third-order valence-electron chi connectivity index (χ3n) is 7.46. The van der Waals surface area contributed by atoms with E-state index in [1.165, 1.54) is 11.3 Å². The fourth-order valence-electron chi connectivity index (χ4n) is 4.95. The maximum atomic E-state index is 12.7. The summed E-state index contributed by atoms with van der Waals surface area (Å²) in [5.74, 6) is 0.902. The van der Waals surface area contributed by atoms with Crippen LogP contribution in [0.1, 0.15) is 51.8 Å². The van der Waals surface area contributed by atoms with Crippen LogP contribution in [0, 0.1) is 11.8 Å². The average molecular weight is 526 g/mol. The van der Waals surface area contributed by atoms with Crippen molar-refractivity contribution in [2.24, 2.45) is 11.8 Å². The minimum atomic E-state index is -0.392. The number of amides is 1.